The first kappa shape index (κ1) is 20.4. The first-order valence-electron chi connectivity index (χ1n) is 10.2. The van der Waals surface area contributed by atoms with Crippen LogP contribution in [0.5, 0.6) is 0 Å². The van der Waals surface area contributed by atoms with Crippen molar-refractivity contribution < 1.29 is 4.79 Å². The van der Waals surface area contributed by atoms with Gasteiger partial charge < -0.3 is 5.73 Å². The second-order valence-electron chi connectivity index (χ2n) is 8.03. The molecule has 1 amide bonds. The quantitative estimate of drug-likeness (QED) is 0.706. The van der Waals surface area contributed by atoms with Crippen LogP contribution in [0.1, 0.15) is 23.6 Å². The molecule has 31 heavy (non-hydrogen) atoms. The van der Waals surface area contributed by atoms with Crippen molar-refractivity contribution in [3.05, 3.63) is 95.6 Å². The van der Waals surface area contributed by atoms with Gasteiger partial charge in [0.2, 0.25) is 5.91 Å². The van der Waals surface area contributed by atoms with E-state index >= 15 is 0 Å². The summed E-state index contributed by atoms with van der Waals surface area (Å²) in [7, 11) is 1.67. The van der Waals surface area contributed by atoms with E-state index in [1.54, 1.807) is 13.1 Å². The van der Waals surface area contributed by atoms with Gasteiger partial charge in [-0.05, 0) is 53.8 Å². The van der Waals surface area contributed by atoms with Gasteiger partial charge in [0.15, 0.2) is 5.96 Å². The van der Waals surface area contributed by atoms with Crippen LogP contribution in [0.2, 0.25) is 0 Å². The first-order chi connectivity index (χ1) is 14.9. The second-order valence-corrected chi connectivity index (χ2v) is 8.03. The minimum atomic E-state index is -0.813. The Kier molecular flexibility index (Phi) is 5.31. The Morgan fingerprint density at radius 3 is 2.42 bits per heavy atom. The topological polar surface area (TPSA) is 82.5 Å². The zero-order chi connectivity index (χ0) is 22.0. The number of amides is 1. The Labute approximate surface area is 182 Å². The fourth-order valence-corrected chi connectivity index (χ4v) is 4.16. The average molecular weight is 409 g/mol. The number of hydrogen-bond acceptors (Lipinski definition) is 4. The number of aliphatic imine (C=N–C) groups is 1. The van der Waals surface area contributed by atoms with Gasteiger partial charge in [-0.25, -0.2) is 4.99 Å². The smallest absolute Gasteiger partial charge is 0.235 e. The molecule has 0 saturated heterocycles. The monoisotopic (exact) mass is 408 g/mol. The molecule has 3 aromatic rings. The normalized spacial score (nSPS) is 20.8. The van der Waals surface area contributed by atoms with Gasteiger partial charge in [0, 0.05) is 7.05 Å². The van der Waals surface area contributed by atoms with E-state index in [0.717, 1.165) is 22.3 Å². The largest absolute Gasteiger partial charge is 0.369 e. The third-order valence-electron chi connectivity index (χ3n) is 6.05. The summed E-state index contributed by atoms with van der Waals surface area (Å²) in [4.78, 5) is 19.5. The van der Waals surface area contributed by atoms with E-state index < -0.39 is 11.5 Å². The van der Waals surface area contributed by atoms with Crippen LogP contribution < -0.4 is 5.73 Å². The van der Waals surface area contributed by atoms with E-state index in [4.69, 9.17) is 10.7 Å². The Hall–Kier alpha value is -3.91. The summed E-state index contributed by atoms with van der Waals surface area (Å²) in [5.41, 5.74) is 9.84. The van der Waals surface area contributed by atoms with Crippen molar-refractivity contribution in [3.63, 3.8) is 0 Å². The Morgan fingerprint density at radius 2 is 1.71 bits per heavy atom. The van der Waals surface area contributed by atoms with Crippen molar-refractivity contribution in [1.82, 2.24) is 4.90 Å². The van der Waals surface area contributed by atoms with Crippen LogP contribution in [-0.4, -0.2) is 23.8 Å². The molecule has 5 nitrogen and oxygen atoms in total. The highest BCUT2D eigenvalue weighted by atomic mass is 16.2. The number of nitriles is 1. The predicted molar refractivity (Wildman–Crippen MR) is 122 cm³/mol. The van der Waals surface area contributed by atoms with Crippen molar-refractivity contribution in [1.29, 1.82) is 5.26 Å². The van der Waals surface area contributed by atoms with Crippen molar-refractivity contribution in [2.24, 2.45) is 16.6 Å². The van der Waals surface area contributed by atoms with E-state index in [0.29, 0.717) is 12.0 Å². The summed E-state index contributed by atoms with van der Waals surface area (Å²) in [6.45, 7) is 1.98. The van der Waals surface area contributed by atoms with Crippen LogP contribution in [0.25, 0.3) is 11.1 Å². The predicted octanol–water partition coefficient (Wildman–Crippen LogP) is 4.09. The number of rotatable bonds is 4. The molecule has 0 fully saturated rings. The van der Waals surface area contributed by atoms with Gasteiger partial charge in [-0.2, -0.15) is 5.26 Å². The third-order valence-corrected chi connectivity index (χ3v) is 6.05. The minimum Gasteiger partial charge on any atom is -0.369 e. The maximum atomic E-state index is 13.3. The third kappa shape index (κ3) is 3.80. The SMILES string of the molecule is CN1C(=O)[C@H](Cc2ccccc2)[C@@](C)(c2cccc(-c3cccc(C#N)c3)c2)N=C1N. The zero-order valence-corrected chi connectivity index (χ0v) is 17.6. The molecule has 2 atom stereocenters. The Bertz CT molecular complexity index is 1200. The molecular formula is C26H24N4O. The number of nitrogens with zero attached hydrogens (tertiary/aromatic N) is 3. The number of guanidine groups is 1. The molecule has 0 aliphatic carbocycles. The van der Waals surface area contributed by atoms with Crippen LogP contribution in [-0.2, 0) is 16.8 Å². The summed E-state index contributed by atoms with van der Waals surface area (Å²) in [5.74, 6) is -0.225. The molecule has 5 heteroatoms. The molecule has 0 saturated carbocycles. The lowest BCUT2D eigenvalue weighted by atomic mass is 9.74. The first-order valence-corrected chi connectivity index (χ1v) is 10.2. The Balaban J connectivity index is 1.81. The molecule has 0 unspecified atom stereocenters. The summed E-state index contributed by atoms with van der Waals surface area (Å²) < 4.78 is 0. The van der Waals surface area contributed by atoms with Crippen LogP contribution in [0.15, 0.2) is 83.9 Å². The summed E-state index contributed by atoms with van der Waals surface area (Å²) >= 11 is 0. The lowest BCUT2D eigenvalue weighted by Crippen LogP contribution is -2.54. The van der Waals surface area contributed by atoms with Crippen molar-refractivity contribution in [3.8, 4) is 17.2 Å². The number of nitrogens with two attached hydrogens (primary N) is 1. The van der Waals surface area contributed by atoms with Crippen molar-refractivity contribution in [2.75, 3.05) is 7.05 Å². The summed E-state index contributed by atoms with van der Waals surface area (Å²) in [6.07, 6.45) is 0.561. The number of carbonyl (C=O) groups excluding carboxylic acids is 1. The maximum absolute atomic E-state index is 13.3. The molecule has 0 aromatic heterocycles. The standard InChI is InChI=1S/C26H24N4O/c1-26(22-13-7-12-21(16-22)20-11-6-10-19(14-20)17-27)23(15-18-8-4-3-5-9-18)24(31)30(2)25(28)29-26/h3-14,16,23H,15H2,1-2H3,(H2,28,29)/t23-,26+/m0/s1. The van der Waals surface area contributed by atoms with Crippen molar-refractivity contribution >= 4 is 11.9 Å². The van der Waals surface area contributed by atoms with Gasteiger partial charge in [0.25, 0.3) is 0 Å². The fraction of sp³-hybridized carbons (Fsp3) is 0.192. The number of benzene rings is 3. The average Bonchev–Trinajstić information content (AvgIpc) is 2.81. The fourth-order valence-electron chi connectivity index (χ4n) is 4.16. The lowest BCUT2D eigenvalue weighted by molar-refractivity contribution is -0.134. The van der Waals surface area contributed by atoms with E-state index in [2.05, 4.69) is 6.07 Å². The highest BCUT2D eigenvalue weighted by Crippen LogP contribution is 2.40. The lowest BCUT2D eigenvalue weighted by Gasteiger charge is -2.41. The molecule has 154 valence electrons. The maximum Gasteiger partial charge on any atom is 0.235 e. The highest BCUT2D eigenvalue weighted by Gasteiger charge is 2.46. The van der Waals surface area contributed by atoms with Crippen LogP contribution in [0, 0.1) is 17.2 Å². The molecule has 0 bridgehead atoms. The van der Waals surface area contributed by atoms with Gasteiger partial charge in [0.05, 0.1) is 23.1 Å². The van der Waals surface area contributed by atoms with E-state index in [-0.39, 0.29) is 11.9 Å². The van der Waals surface area contributed by atoms with Crippen LogP contribution in [0.3, 0.4) is 0 Å². The van der Waals surface area contributed by atoms with Gasteiger partial charge in [-0.1, -0.05) is 60.7 Å². The zero-order valence-electron chi connectivity index (χ0n) is 17.6. The molecule has 1 aliphatic heterocycles. The number of carbonyl (C=O) groups is 1. The van der Waals surface area contributed by atoms with E-state index in [1.165, 1.54) is 4.90 Å². The number of hydrogen-bond donors (Lipinski definition) is 1. The van der Waals surface area contributed by atoms with Crippen molar-refractivity contribution in [2.45, 2.75) is 18.9 Å². The highest BCUT2D eigenvalue weighted by molar-refractivity contribution is 6.00. The summed E-state index contributed by atoms with van der Waals surface area (Å²) in [5, 5.41) is 9.24. The Morgan fingerprint density at radius 1 is 1.03 bits per heavy atom. The molecule has 3 aromatic carbocycles. The minimum absolute atomic E-state index is 0.0456. The molecule has 1 aliphatic rings. The van der Waals surface area contributed by atoms with Gasteiger partial charge in [-0.3, -0.25) is 9.69 Å². The van der Waals surface area contributed by atoms with E-state index in [1.807, 2.05) is 79.7 Å². The van der Waals surface area contributed by atoms with Gasteiger partial charge in [0.1, 0.15) is 0 Å². The van der Waals surface area contributed by atoms with Gasteiger partial charge in [-0.15, -0.1) is 0 Å². The second kappa shape index (κ2) is 8.08. The molecular weight excluding hydrogens is 384 g/mol. The summed E-state index contributed by atoms with van der Waals surface area (Å²) in [6, 6.07) is 27.6. The molecule has 0 spiro atoms. The molecule has 4 rings (SSSR count). The van der Waals surface area contributed by atoms with E-state index in [9.17, 15) is 10.1 Å². The van der Waals surface area contributed by atoms with Crippen LogP contribution in [0.4, 0.5) is 0 Å². The van der Waals surface area contributed by atoms with Crippen LogP contribution >= 0.6 is 0 Å². The van der Waals surface area contributed by atoms with Gasteiger partial charge >= 0.3 is 0 Å². The molecule has 2 N–H and O–H groups in total. The molecule has 1 heterocycles. The molecule has 0 radical (unpaired) electrons.